The van der Waals surface area contributed by atoms with E-state index >= 15 is 0 Å². The molecule has 0 saturated heterocycles. The molecule has 1 N–H and O–H groups in total. The van der Waals surface area contributed by atoms with Crippen LogP contribution in [0.4, 0.5) is 5.13 Å². The summed E-state index contributed by atoms with van der Waals surface area (Å²) in [6.45, 7) is 7.34. The summed E-state index contributed by atoms with van der Waals surface area (Å²) >= 11 is 2.74. The molecule has 0 aliphatic rings. The van der Waals surface area contributed by atoms with Crippen LogP contribution in [0.2, 0.25) is 0 Å². The molecule has 1 amide bonds. The average molecular weight is 418 g/mol. The quantitative estimate of drug-likeness (QED) is 0.526. The summed E-state index contributed by atoms with van der Waals surface area (Å²) in [5, 5.41) is 14.4. The number of nitrogens with one attached hydrogen (secondary N) is 1. The van der Waals surface area contributed by atoms with Crippen molar-refractivity contribution in [3.05, 3.63) is 47.2 Å². The van der Waals surface area contributed by atoms with E-state index in [1.807, 2.05) is 35.1 Å². The lowest BCUT2D eigenvalue weighted by molar-refractivity contribution is -0.113. The predicted octanol–water partition coefficient (Wildman–Crippen LogP) is 4.19. The number of hydrogen-bond acceptors (Lipinski definition) is 7. The minimum atomic E-state index is -0.116. The summed E-state index contributed by atoms with van der Waals surface area (Å²) in [7, 11) is 0. The molecule has 0 saturated carbocycles. The van der Waals surface area contributed by atoms with E-state index in [-0.39, 0.29) is 11.7 Å². The highest BCUT2D eigenvalue weighted by Crippen LogP contribution is 2.27. The molecule has 2 heterocycles. The van der Waals surface area contributed by atoms with Crippen LogP contribution in [0.1, 0.15) is 38.1 Å². The highest BCUT2D eigenvalue weighted by atomic mass is 32.2. The van der Waals surface area contributed by atoms with Gasteiger partial charge < -0.3 is 14.6 Å². The number of para-hydroxylation sites is 1. The first-order chi connectivity index (χ1) is 13.6. The number of nitrogens with zero attached hydrogens (tertiary/aromatic N) is 4. The number of rotatable bonds is 9. The van der Waals surface area contributed by atoms with Crippen molar-refractivity contribution < 1.29 is 9.53 Å². The van der Waals surface area contributed by atoms with Crippen molar-refractivity contribution in [1.29, 1.82) is 0 Å². The van der Waals surface area contributed by atoms with Gasteiger partial charge in [0.25, 0.3) is 0 Å². The molecule has 0 bridgehead atoms. The maximum atomic E-state index is 12.1. The van der Waals surface area contributed by atoms with Gasteiger partial charge in [0.2, 0.25) is 5.91 Å². The molecular weight excluding hydrogens is 394 g/mol. The third-order valence-electron chi connectivity index (χ3n) is 4.02. The maximum absolute atomic E-state index is 12.1. The Hall–Kier alpha value is -2.39. The van der Waals surface area contributed by atoms with E-state index in [9.17, 15) is 4.79 Å². The summed E-state index contributed by atoms with van der Waals surface area (Å²) in [4.78, 5) is 16.1. The van der Waals surface area contributed by atoms with Gasteiger partial charge in [0, 0.05) is 18.1 Å². The number of benzene rings is 1. The third kappa shape index (κ3) is 5.11. The van der Waals surface area contributed by atoms with Crippen molar-refractivity contribution in [2.45, 2.75) is 45.0 Å². The molecule has 28 heavy (non-hydrogen) atoms. The van der Waals surface area contributed by atoms with Gasteiger partial charge in [0.05, 0.1) is 5.75 Å². The van der Waals surface area contributed by atoms with Crippen molar-refractivity contribution in [2.24, 2.45) is 0 Å². The van der Waals surface area contributed by atoms with Crippen LogP contribution in [0.15, 0.2) is 41.0 Å². The zero-order valence-electron chi connectivity index (χ0n) is 16.1. The summed E-state index contributed by atoms with van der Waals surface area (Å²) in [5.41, 5.74) is 1.17. The van der Waals surface area contributed by atoms with Gasteiger partial charge in [-0.25, -0.2) is 4.98 Å². The van der Waals surface area contributed by atoms with Crippen LogP contribution in [-0.2, 0) is 17.9 Å². The van der Waals surface area contributed by atoms with Crippen LogP contribution in [0, 0.1) is 0 Å². The number of carbonyl (C=O) groups excluding carboxylic acids is 1. The number of thioether (sulfide) groups is 1. The molecule has 0 aliphatic carbocycles. The van der Waals surface area contributed by atoms with Gasteiger partial charge in [-0.1, -0.05) is 43.8 Å². The molecule has 0 unspecified atom stereocenters. The molecule has 9 heteroatoms. The Labute approximate surface area is 172 Å². The Morgan fingerprint density at radius 2 is 2.14 bits per heavy atom. The number of aromatic nitrogens is 4. The van der Waals surface area contributed by atoms with Crippen molar-refractivity contribution in [3.63, 3.8) is 0 Å². The number of anilines is 1. The Kier molecular flexibility index (Phi) is 7.05. The lowest BCUT2D eigenvalue weighted by Crippen LogP contribution is -2.14. The minimum absolute atomic E-state index is 0.116. The first-order valence-electron chi connectivity index (χ1n) is 9.04. The van der Waals surface area contributed by atoms with Crippen molar-refractivity contribution in [2.75, 3.05) is 11.1 Å². The SMILES string of the molecule is CCn1c(COc2ccccc2C(C)C)nnc1SCC(=O)Nc1nccs1. The number of hydrogen-bond donors (Lipinski definition) is 1. The molecule has 3 aromatic rings. The highest BCUT2D eigenvalue weighted by molar-refractivity contribution is 7.99. The third-order valence-corrected chi connectivity index (χ3v) is 5.67. The molecule has 2 aromatic heterocycles. The van der Waals surface area contributed by atoms with Gasteiger partial charge in [-0.2, -0.15) is 0 Å². The lowest BCUT2D eigenvalue weighted by atomic mass is 10.0. The summed E-state index contributed by atoms with van der Waals surface area (Å²) in [5.74, 6) is 2.11. The van der Waals surface area contributed by atoms with E-state index in [1.54, 1.807) is 6.20 Å². The van der Waals surface area contributed by atoms with Crippen LogP contribution >= 0.6 is 23.1 Å². The van der Waals surface area contributed by atoms with Crippen LogP contribution in [0.5, 0.6) is 5.75 Å². The fourth-order valence-corrected chi connectivity index (χ4v) is 4.02. The molecule has 0 radical (unpaired) electrons. The van der Waals surface area contributed by atoms with Gasteiger partial charge in [-0.05, 0) is 24.5 Å². The monoisotopic (exact) mass is 417 g/mol. The fourth-order valence-electron chi connectivity index (χ4n) is 2.65. The van der Waals surface area contributed by atoms with Crippen LogP contribution in [0.3, 0.4) is 0 Å². The minimum Gasteiger partial charge on any atom is -0.485 e. The average Bonchev–Trinajstić information content (AvgIpc) is 3.34. The molecule has 0 spiro atoms. The highest BCUT2D eigenvalue weighted by Gasteiger charge is 2.15. The first-order valence-corrected chi connectivity index (χ1v) is 10.9. The van der Waals surface area contributed by atoms with E-state index in [4.69, 9.17) is 4.74 Å². The molecule has 1 aromatic carbocycles. The van der Waals surface area contributed by atoms with Crippen LogP contribution in [0.25, 0.3) is 0 Å². The normalized spacial score (nSPS) is 11.0. The summed E-state index contributed by atoms with van der Waals surface area (Å²) in [6, 6.07) is 8.03. The van der Waals surface area contributed by atoms with E-state index in [2.05, 4.69) is 40.4 Å². The number of carbonyl (C=O) groups is 1. The fraction of sp³-hybridized carbons (Fsp3) is 0.368. The number of ether oxygens (including phenoxy) is 1. The van der Waals surface area contributed by atoms with Crippen molar-refractivity contribution in [1.82, 2.24) is 19.7 Å². The van der Waals surface area contributed by atoms with Gasteiger partial charge in [-0.15, -0.1) is 21.5 Å². The van der Waals surface area contributed by atoms with Gasteiger partial charge in [-0.3, -0.25) is 4.79 Å². The summed E-state index contributed by atoms with van der Waals surface area (Å²) < 4.78 is 7.99. The molecule has 148 valence electrons. The van der Waals surface area contributed by atoms with Crippen molar-refractivity contribution >= 4 is 34.1 Å². The largest absolute Gasteiger partial charge is 0.485 e. The maximum Gasteiger partial charge on any atom is 0.236 e. The lowest BCUT2D eigenvalue weighted by Gasteiger charge is -2.14. The number of amides is 1. The van der Waals surface area contributed by atoms with E-state index < -0.39 is 0 Å². The standard InChI is InChI=1S/C19H23N5O2S2/c1-4-24-16(11-26-15-8-6-5-7-14(15)13(2)3)22-23-19(24)28-12-17(25)21-18-20-9-10-27-18/h5-10,13H,4,11-12H2,1-3H3,(H,20,21,25). The first kappa shape index (κ1) is 20.3. The van der Waals surface area contributed by atoms with Crippen LogP contribution < -0.4 is 10.1 Å². The van der Waals surface area contributed by atoms with E-state index in [0.29, 0.717) is 29.4 Å². The van der Waals surface area contributed by atoms with Crippen LogP contribution in [-0.4, -0.2) is 31.4 Å². The molecule has 7 nitrogen and oxygen atoms in total. The van der Waals surface area contributed by atoms with Gasteiger partial charge in [0.1, 0.15) is 12.4 Å². The Balaban J connectivity index is 1.61. The molecule has 3 rings (SSSR count). The Morgan fingerprint density at radius 3 is 2.86 bits per heavy atom. The predicted molar refractivity (Wildman–Crippen MR) is 112 cm³/mol. The molecule has 0 fully saturated rings. The number of thiazole rings is 1. The molecule has 0 atom stereocenters. The Morgan fingerprint density at radius 1 is 1.32 bits per heavy atom. The second-order valence-electron chi connectivity index (χ2n) is 6.30. The second-order valence-corrected chi connectivity index (χ2v) is 8.14. The molecule has 0 aliphatic heterocycles. The summed E-state index contributed by atoms with van der Waals surface area (Å²) in [6.07, 6.45) is 1.66. The Bertz CT molecular complexity index is 909. The molecular formula is C19H23N5O2S2. The van der Waals surface area contributed by atoms with E-state index in [0.717, 1.165) is 11.6 Å². The van der Waals surface area contributed by atoms with Gasteiger partial charge >= 0.3 is 0 Å². The second kappa shape index (κ2) is 9.70. The van der Waals surface area contributed by atoms with E-state index in [1.165, 1.54) is 28.7 Å². The zero-order chi connectivity index (χ0) is 19.9. The van der Waals surface area contributed by atoms with Gasteiger partial charge in [0.15, 0.2) is 16.1 Å². The van der Waals surface area contributed by atoms with Crippen molar-refractivity contribution in [3.8, 4) is 5.75 Å². The zero-order valence-corrected chi connectivity index (χ0v) is 17.7. The topological polar surface area (TPSA) is 81.9 Å². The smallest absolute Gasteiger partial charge is 0.236 e.